The van der Waals surface area contributed by atoms with Gasteiger partial charge in [0.1, 0.15) is 17.4 Å². The van der Waals surface area contributed by atoms with Gasteiger partial charge in [-0.05, 0) is 61.5 Å². The zero-order chi connectivity index (χ0) is 19.4. The highest BCUT2D eigenvalue weighted by atomic mass is 19.1. The SMILES string of the molecule is C[C@@H](OC(=O)c1ccc(-c2ccc(F)cc2)o1)C(=O)Nc1cccc(F)c1. The van der Waals surface area contributed by atoms with Crippen LogP contribution in [0.5, 0.6) is 0 Å². The fourth-order valence-electron chi connectivity index (χ4n) is 2.30. The van der Waals surface area contributed by atoms with Crippen LogP contribution in [-0.4, -0.2) is 18.0 Å². The standard InChI is InChI=1S/C20H15F2NO4/c1-12(19(24)23-16-4-2-3-15(22)11-16)26-20(25)18-10-9-17(27-18)13-5-7-14(21)8-6-13/h2-12H,1H3,(H,23,24)/t12-/m1/s1. The lowest BCUT2D eigenvalue weighted by atomic mass is 10.2. The summed E-state index contributed by atoms with van der Waals surface area (Å²) in [6.45, 7) is 1.39. The molecule has 7 heteroatoms. The van der Waals surface area contributed by atoms with Gasteiger partial charge in [-0.3, -0.25) is 4.79 Å². The lowest BCUT2D eigenvalue weighted by molar-refractivity contribution is -0.123. The summed E-state index contributed by atoms with van der Waals surface area (Å²) in [5, 5.41) is 2.45. The van der Waals surface area contributed by atoms with Crippen molar-refractivity contribution < 1.29 is 27.5 Å². The molecule has 0 fully saturated rings. The van der Waals surface area contributed by atoms with Crippen molar-refractivity contribution in [3.8, 4) is 11.3 Å². The van der Waals surface area contributed by atoms with Gasteiger partial charge in [0, 0.05) is 11.3 Å². The van der Waals surface area contributed by atoms with Crippen LogP contribution < -0.4 is 5.32 Å². The summed E-state index contributed by atoms with van der Waals surface area (Å²) in [6, 6.07) is 13.9. The minimum absolute atomic E-state index is 0.0975. The zero-order valence-electron chi connectivity index (χ0n) is 14.2. The Morgan fingerprint density at radius 3 is 2.44 bits per heavy atom. The first-order valence-corrected chi connectivity index (χ1v) is 8.05. The lowest BCUT2D eigenvalue weighted by Gasteiger charge is -2.12. The molecule has 3 rings (SSSR count). The lowest BCUT2D eigenvalue weighted by Crippen LogP contribution is -2.29. The number of rotatable bonds is 5. The van der Waals surface area contributed by atoms with E-state index in [0.29, 0.717) is 11.3 Å². The molecule has 3 aromatic rings. The average Bonchev–Trinajstić information content (AvgIpc) is 3.12. The van der Waals surface area contributed by atoms with E-state index < -0.39 is 23.8 Å². The van der Waals surface area contributed by atoms with Gasteiger partial charge in [0.15, 0.2) is 6.10 Å². The highest BCUT2D eigenvalue weighted by Gasteiger charge is 2.21. The van der Waals surface area contributed by atoms with Crippen LogP contribution in [0.2, 0.25) is 0 Å². The van der Waals surface area contributed by atoms with Crippen molar-refractivity contribution >= 4 is 17.6 Å². The molecule has 0 bridgehead atoms. The number of benzene rings is 2. The van der Waals surface area contributed by atoms with Gasteiger partial charge >= 0.3 is 5.97 Å². The van der Waals surface area contributed by atoms with Crippen molar-refractivity contribution in [2.45, 2.75) is 13.0 Å². The number of nitrogens with one attached hydrogen (secondary N) is 1. The molecular weight excluding hydrogens is 356 g/mol. The van der Waals surface area contributed by atoms with Gasteiger partial charge in [0.2, 0.25) is 5.76 Å². The van der Waals surface area contributed by atoms with Crippen molar-refractivity contribution in [2.75, 3.05) is 5.32 Å². The molecule has 0 aliphatic carbocycles. The Morgan fingerprint density at radius 1 is 1.00 bits per heavy atom. The Morgan fingerprint density at radius 2 is 1.74 bits per heavy atom. The van der Waals surface area contributed by atoms with Gasteiger partial charge < -0.3 is 14.5 Å². The first-order valence-electron chi connectivity index (χ1n) is 8.05. The van der Waals surface area contributed by atoms with Crippen molar-refractivity contribution in [1.82, 2.24) is 0 Å². The van der Waals surface area contributed by atoms with E-state index in [1.165, 1.54) is 55.5 Å². The van der Waals surface area contributed by atoms with Crippen LogP contribution in [0.4, 0.5) is 14.5 Å². The van der Waals surface area contributed by atoms with E-state index in [2.05, 4.69) is 5.32 Å². The van der Waals surface area contributed by atoms with E-state index in [1.807, 2.05) is 0 Å². The highest BCUT2D eigenvalue weighted by molar-refractivity contribution is 5.96. The molecule has 0 spiro atoms. The van der Waals surface area contributed by atoms with Crippen LogP contribution in [0.25, 0.3) is 11.3 Å². The number of ether oxygens (including phenoxy) is 1. The number of esters is 1. The van der Waals surface area contributed by atoms with Crippen LogP contribution in [0.3, 0.4) is 0 Å². The second kappa shape index (κ2) is 7.82. The molecule has 0 aliphatic rings. The fraction of sp³-hybridized carbons (Fsp3) is 0.100. The molecule has 138 valence electrons. The molecule has 27 heavy (non-hydrogen) atoms. The van der Waals surface area contributed by atoms with Gasteiger partial charge in [0.25, 0.3) is 5.91 Å². The maximum atomic E-state index is 13.1. The monoisotopic (exact) mass is 371 g/mol. The number of halogens is 2. The number of amides is 1. The summed E-state index contributed by atoms with van der Waals surface area (Å²) < 4.78 is 36.6. The van der Waals surface area contributed by atoms with Crippen molar-refractivity contribution in [3.05, 3.63) is 78.1 Å². The molecule has 0 radical (unpaired) electrons. The van der Waals surface area contributed by atoms with Crippen molar-refractivity contribution in [3.63, 3.8) is 0 Å². The number of hydrogen-bond acceptors (Lipinski definition) is 4. The molecule has 0 saturated heterocycles. The summed E-state index contributed by atoms with van der Waals surface area (Å²) in [6.07, 6.45) is -1.12. The molecular formula is C20H15F2NO4. The van der Waals surface area contributed by atoms with E-state index in [4.69, 9.17) is 9.15 Å². The van der Waals surface area contributed by atoms with Crippen LogP contribution in [0.1, 0.15) is 17.5 Å². The first-order chi connectivity index (χ1) is 12.9. The third-order valence-corrected chi connectivity index (χ3v) is 3.68. The van der Waals surface area contributed by atoms with E-state index >= 15 is 0 Å². The molecule has 1 aromatic heterocycles. The molecule has 2 aromatic carbocycles. The Bertz CT molecular complexity index is 966. The van der Waals surface area contributed by atoms with Crippen LogP contribution in [0, 0.1) is 11.6 Å². The van der Waals surface area contributed by atoms with E-state index in [0.717, 1.165) is 6.07 Å². The van der Waals surface area contributed by atoms with Gasteiger partial charge in [-0.2, -0.15) is 0 Å². The largest absolute Gasteiger partial charge is 0.449 e. The van der Waals surface area contributed by atoms with E-state index in [1.54, 1.807) is 6.07 Å². The van der Waals surface area contributed by atoms with E-state index in [9.17, 15) is 18.4 Å². The third-order valence-electron chi connectivity index (χ3n) is 3.68. The van der Waals surface area contributed by atoms with Gasteiger partial charge in [-0.25, -0.2) is 13.6 Å². The highest BCUT2D eigenvalue weighted by Crippen LogP contribution is 2.23. The van der Waals surface area contributed by atoms with Gasteiger partial charge in [-0.15, -0.1) is 0 Å². The second-order valence-corrected chi connectivity index (χ2v) is 5.72. The Balaban J connectivity index is 1.62. The topological polar surface area (TPSA) is 68.5 Å². The zero-order valence-corrected chi connectivity index (χ0v) is 14.2. The van der Waals surface area contributed by atoms with Gasteiger partial charge in [0.05, 0.1) is 0 Å². The second-order valence-electron chi connectivity index (χ2n) is 5.72. The summed E-state index contributed by atoms with van der Waals surface area (Å²) in [4.78, 5) is 24.2. The van der Waals surface area contributed by atoms with Gasteiger partial charge in [-0.1, -0.05) is 6.07 Å². The quantitative estimate of drug-likeness (QED) is 0.675. The number of carbonyl (C=O) groups excluding carboxylic acids is 2. The van der Waals surface area contributed by atoms with Crippen molar-refractivity contribution in [2.24, 2.45) is 0 Å². The summed E-state index contributed by atoms with van der Waals surface area (Å²) in [5.74, 6) is -2.06. The smallest absolute Gasteiger partial charge is 0.375 e. The number of furan rings is 1. The summed E-state index contributed by atoms with van der Waals surface area (Å²) in [7, 11) is 0. The average molecular weight is 371 g/mol. The van der Waals surface area contributed by atoms with Crippen LogP contribution in [-0.2, 0) is 9.53 Å². The molecule has 1 atom stereocenters. The number of carbonyl (C=O) groups is 2. The van der Waals surface area contributed by atoms with Crippen molar-refractivity contribution in [1.29, 1.82) is 0 Å². The maximum absolute atomic E-state index is 13.1. The Hall–Kier alpha value is -3.48. The van der Waals surface area contributed by atoms with Crippen LogP contribution >= 0.6 is 0 Å². The predicted molar refractivity (Wildman–Crippen MR) is 94.0 cm³/mol. The Labute approximate surface area is 153 Å². The molecule has 0 unspecified atom stereocenters. The number of anilines is 1. The van der Waals surface area contributed by atoms with E-state index in [-0.39, 0.29) is 17.3 Å². The molecule has 1 N–H and O–H groups in total. The minimum Gasteiger partial charge on any atom is -0.449 e. The number of hydrogen-bond donors (Lipinski definition) is 1. The molecule has 0 saturated carbocycles. The summed E-state index contributed by atoms with van der Waals surface area (Å²) >= 11 is 0. The molecule has 0 aliphatic heterocycles. The normalized spacial score (nSPS) is 11.7. The third kappa shape index (κ3) is 4.58. The molecule has 1 heterocycles. The summed E-state index contributed by atoms with van der Waals surface area (Å²) in [5.41, 5.74) is 0.840. The maximum Gasteiger partial charge on any atom is 0.375 e. The molecule has 1 amide bonds. The minimum atomic E-state index is -1.12. The Kier molecular flexibility index (Phi) is 5.30. The molecule has 5 nitrogen and oxygen atoms in total. The first kappa shape index (κ1) is 18.3. The fourth-order valence-corrected chi connectivity index (χ4v) is 2.30. The van der Waals surface area contributed by atoms with Crippen LogP contribution in [0.15, 0.2) is 65.1 Å². The predicted octanol–water partition coefficient (Wildman–Crippen LogP) is 4.41.